The van der Waals surface area contributed by atoms with E-state index >= 15 is 0 Å². The Balaban J connectivity index is 1.70. The summed E-state index contributed by atoms with van der Waals surface area (Å²) in [7, 11) is -3.17. The van der Waals surface area contributed by atoms with Gasteiger partial charge < -0.3 is 10.0 Å². The minimum atomic E-state index is -3.17. The van der Waals surface area contributed by atoms with E-state index in [1.807, 2.05) is 37.3 Å². The zero-order chi connectivity index (χ0) is 19.0. The van der Waals surface area contributed by atoms with Gasteiger partial charge in [-0.25, -0.2) is 13.1 Å². The Morgan fingerprint density at radius 3 is 2.50 bits per heavy atom. The SMILES string of the molecule is CCCC(C)CS(=O)(=O)NCC1CCN(CC(O)c2ccccc2)CC1. The summed E-state index contributed by atoms with van der Waals surface area (Å²) >= 11 is 0. The molecule has 0 bridgehead atoms. The molecule has 2 unspecified atom stereocenters. The highest BCUT2D eigenvalue weighted by molar-refractivity contribution is 7.89. The standard InChI is InChI=1S/C20H34N2O3S/c1-3-7-17(2)16-26(24,25)21-14-18-10-12-22(13-11-18)15-20(23)19-8-5-4-6-9-19/h4-6,8-9,17-18,20-21,23H,3,7,10-16H2,1-2H3. The number of hydrogen-bond acceptors (Lipinski definition) is 4. The van der Waals surface area contributed by atoms with Crippen molar-refractivity contribution >= 4 is 10.0 Å². The molecular formula is C20H34N2O3S. The van der Waals surface area contributed by atoms with Gasteiger partial charge in [-0.2, -0.15) is 0 Å². The van der Waals surface area contributed by atoms with Crippen molar-refractivity contribution in [1.82, 2.24) is 9.62 Å². The predicted octanol–water partition coefficient (Wildman–Crippen LogP) is 2.79. The van der Waals surface area contributed by atoms with Crippen molar-refractivity contribution in [3.8, 4) is 0 Å². The number of nitrogens with one attached hydrogen (secondary N) is 1. The number of aliphatic hydroxyl groups is 1. The van der Waals surface area contributed by atoms with Crippen LogP contribution in [-0.2, 0) is 10.0 Å². The molecule has 0 saturated carbocycles. The second-order valence-electron chi connectivity index (χ2n) is 7.69. The maximum Gasteiger partial charge on any atom is 0.211 e. The van der Waals surface area contributed by atoms with E-state index in [1.165, 1.54) is 0 Å². The minimum absolute atomic E-state index is 0.207. The minimum Gasteiger partial charge on any atom is -0.387 e. The first kappa shape index (κ1) is 21.4. The number of aliphatic hydroxyl groups excluding tert-OH is 1. The number of sulfonamides is 1. The van der Waals surface area contributed by atoms with Crippen LogP contribution in [0.3, 0.4) is 0 Å². The molecule has 2 N–H and O–H groups in total. The highest BCUT2D eigenvalue weighted by Gasteiger charge is 2.23. The van der Waals surface area contributed by atoms with Crippen LogP contribution >= 0.6 is 0 Å². The molecule has 1 aromatic carbocycles. The lowest BCUT2D eigenvalue weighted by molar-refractivity contribution is 0.0899. The fraction of sp³-hybridized carbons (Fsp3) is 0.700. The molecule has 0 aliphatic carbocycles. The Bertz CT molecular complexity index is 613. The molecule has 5 nitrogen and oxygen atoms in total. The van der Waals surface area contributed by atoms with Crippen LogP contribution in [-0.4, -0.2) is 50.4 Å². The number of piperidine rings is 1. The van der Waals surface area contributed by atoms with E-state index in [2.05, 4.69) is 16.5 Å². The van der Waals surface area contributed by atoms with E-state index < -0.39 is 16.1 Å². The summed E-state index contributed by atoms with van der Waals surface area (Å²) in [6, 6.07) is 9.74. The summed E-state index contributed by atoms with van der Waals surface area (Å²) in [5, 5.41) is 10.3. The highest BCUT2D eigenvalue weighted by Crippen LogP contribution is 2.20. The number of benzene rings is 1. The average Bonchev–Trinajstić information content (AvgIpc) is 2.61. The molecule has 0 aromatic heterocycles. The first-order valence-electron chi connectivity index (χ1n) is 9.82. The van der Waals surface area contributed by atoms with Crippen LogP contribution in [0.1, 0.15) is 51.2 Å². The smallest absolute Gasteiger partial charge is 0.211 e. The number of rotatable bonds is 10. The predicted molar refractivity (Wildman–Crippen MR) is 106 cm³/mol. The molecule has 0 radical (unpaired) electrons. The molecule has 2 atom stereocenters. The quantitative estimate of drug-likeness (QED) is 0.653. The fourth-order valence-corrected chi connectivity index (χ4v) is 5.18. The Hall–Kier alpha value is -0.950. The molecular weight excluding hydrogens is 348 g/mol. The maximum atomic E-state index is 12.2. The molecule has 1 fully saturated rings. The average molecular weight is 383 g/mol. The van der Waals surface area contributed by atoms with Crippen molar-refractivity contribution in [3.05, 3.63) is 35.9 Å². The van der Waals surface area contributed by atoms with Gasteiger partial charge in [0.15, 0.2) is 0 Å². The molecule has 1 aromatic rings. The zero-order valence-corrected chi connectivity index (χ0v) is 16.9. The molecule has 1 aliphatic rings. The van der Waals surface area contributed by atoms with E-state index in [1.54, 1.807) is 0 Å². The first-order chi connectivity index (χ1) is 12.4. The Labute approximate surface area is 158 Å². The van der Waals surface area contributed by atoms with Crippen molar-refractivity contribution in [2.75, 3.05) is 31.9 Å². The van der Waals surface area contributed by atoms with Gasteiger partial charge in [0.25, 0.3) is 0 Å². The van der Waals surface area contributed by atoms with E-state index in [0.29, 0.717) is 19.0 Å². The fourth-order valence-electron chi connectivity index (χ4n) is 3.65. The summed E-state index contributed by atoms with van der Waals surface area (Å²) in [5.74, 6) is 0.818. The van der Waals surface area contributed by atoms with Crippen molar-refractivity contribution in [3.63, 3.8) is 0 Å². The molecule has 1 saturated heterocycles. The van der Waals surface area contributed by atoms with Gasteiger partial charge in [0, 0.05) is 13.1 Å². The van der Waals surface area contributed by atoms with Crippen LogP contribution in [0, 0.1) is 11.8 Å². The molecule has 26 heavy (non-hydrogen) atoms. The maximum absolute atomic E-state index is 12.2. The van der Waals surface area contributed by atoms with Crippen LogP contribution in [0.25, 0.3) is 0 Å². The third-order valence-corrected chi connectivity index (χ3v) is 6.81. The van der Waals surface area contributed by atoms with Gasteiger partial charge in [0.1, 0.15) is 0 Å². The van der Waals surface area contributed by atoms with Crippen LogP contribution in [0.2, 0.25) is 0 Å². The van der Waals surface area contributed by atoms with E-state index in [9.17, 15) is 13.5 Å². The lowest BCUT2D eigenvalue weighted by Gasteiger charge is -2.33. The summed E-state index contributed by atoms with van der Waals surface area (Å²) in [5.41, 5.74) is 0.948. The summed E-state index contributed by atoms with van der Waals surface area (Å²) < 4.78 is 27.1. The highest BCUT2D eigenvalue weighted by atomic mass is 32.2. The zero-order valence-electron chi connectivity index (χ0n) is 16.1. The molecule has 1 heterocycles. The van der Waals surface area contributed by atoms with Gasteiger partial charge >= 0.3 is 0 Å². The Morgan fingerprint density at radius 1 is 1.23 bits per heavy atom. The number of nitrogens with zero attached hydrogens (tertiary/aromatic N) is 1. The van der Waals surface area contributed by atoms with Crippen molar-refractivity contribution in [2.24, 2.45) is 11.8 Å². The lowest BCUT2D eigenvalue weighted by Crippen LogP contribution is -2.41. The van der Waals surface area contributed by atoms with Crippen LogP contribution < -0.4 is 4.72 Å². The monoisotopic (exact) mass is 382 g/mol. The molecule has 1 aliphatic heterocycles. The van der Waals surface area contributed by atoms with Crippen LogP contribution in [0.5, 0.6) is 0 Å². The number of hydrogen-bond donors (Lipinski definition) is 2. The topological polar surface area (TPSA) is 69.6 Å². The van der Waals surface area contributed by atoms with Gasteiger partial charge in [-0.3, -0.25) is 0 Å². The van der Waals surface area contributed by atoms with Gasteiger partial charge in [-0.15, -0.1) is 0 Å². The third-order valence-electron chi connectivity index (χ3n) is 5.20. The van der Waals surface area contributed by atoms with Crippen molar-refractivity contribution in [2.45, 2.75) is 45.6 Å². The normalized spacial score (nSPS) is 19.3. The van der Waals surface area contributed by atoms with E-state index in [0.717, 1.165) is 44.3 Å². The summed E-state index contributed by atoms with van der Waals surface area (Å²) in [6.07, 6.45) is 3.43. The summed E-state index contributed by atoms with van der Waals surface area (Å²) in [6.45, 7) is 7.07. The molecule has 0 spiro atoms. The second kappa shape index (κ2) is 10.4. The van der Waals surface area contributed by atoms with Crippen LogP contribution in [0.4, 0.5) is 0 Å². The van der Waals surface area contributed by atoms with Gasteiger partial charge in [0.2, 0.25) is 10.0 Å². The Kier molecular flexibility index (Phi) is 8.54. The van der Waals surface area contributed by atoms with Crippen LogP contribution in [0.15, 0.2) is 30.3 Å². The Morgan fingerprint density at radius 2 is 1.88 bits per heavy atom. The van der Waals surface area contributed by atoms with Crippen molar-refractivity contribution < 1.29 is 13.5 Å². The molecule has 148 valence electrons. The van der Waals surface area contributed by atoms with Gasteiger partial charge in [0.05, 0.1) is 11.9 Å². The molecule has 2 rings (SSSR count). The first-order valence-corrected chi connectivity index (χ1v) is 11.5. The van der Waals surface area contributed by atoms with Gasteiger partial charge in [-0.1, -0.05) is 50.6 Å². The summed E-state index contributed by atoms with van der Waals surface area (Å²) in [4.78, 5) is 2.27. The van der Waals surface area contributed by atoms with E-state index in [4.69, 9.17) is 0 Å². The molecule has 6 heteroatoms. The lowest BCUT2D eigenvalue weighted by atomic mass is 9.96. The largest absolute Gasteiger partial charge is 0.387 e. The second-order valence-corrected chi connectivity index (χ2v) is 9.55. The molecule has 0 amide bonds. The van der Waals surface area contributed by atoms with Crippen molar-refractivity contribution in [1.29, 1.82) is 0 Å². The number of likely N-dealkylation sites (tertiary alicyclic amines) is 1. The third kappa shape index (κ3) is 7.35. The number of β-amino-alcohol motifs (C(OH)–C–C–N with tert-alkyl or cyclic N) is 1. The van der Waals surface area contributed by atoms with Gasteiger partial charge in [-0.05, 0) is 49.8 Å². The van der Waals surface area contributed by atoms with E-state index in [-0.39, 0.29) is 11.7 Å².